The molecule has 0 aliphatic carbocycles. The van der Waals surface area contributed by atoms with E-state index in [0.29, 0.717) is 16.6 Å². The first-order chi connectivity index (χ1) is 11.5. The van der Waals surface area contributed by atoms with E-state index in [1.807, 2.05) is 0 Å². The molecule has 2 aromatic heterocycles. The Balaban J connectivity index is 1.80. The van der Waals surface area contributed by atoms with Crippen molar-refractivity contribution < 1.29 is 9.53 Å². The van der Waals surface area contributed by atoms with E-state index < -0.39 is 12.1 Å². The number of benzene rings is 1. The van der Waals surface area contributed by atoms with E-state index in [2.05, 4.69) is 9.97 Å². The fourth-order valence-corrected chi connectivity index (χ4v) is 3.05. The van der Waals surface area contributed by atoms with Crippen molar-refractivity contribution in [2.45, 2.75) is 26.5 Å². The third-order valence-electron chi connectivity index (χ3n) is 3.59. The molecule has 0 bridgehead atoms. The molecule has 0 aliphatic heterocycles. The van der Waals surface area contributed by atoms with Crippen LogP contribution in [-0.4, -0.2) is 20.5 Å². The smallest absolute Gasteiger partial charge is 0.326 e. The van der Waals surface area contributed by atoms with Crippen molar-refractivity contribution in [2.75, 3.05) is 0 Å². The third kappa shape index (κ3) is 3.13. The van der Waals surface area contributed by atoms with Crippen molar-refractivity contribution in [1.82, 2.24) is 14.5 Å². The van der Waals surface area contributed by atoms with Crippen molar-refractivity contribution in [2.24, 2.45) is 0 Å². The number of ether oxygens (including phenoxy) is 1. The van der Waals surface area contributed by atoms with Crippen LogP contribution < -0.4 is 10.4 Å². The van der Waals surface area contributed by atoms with E-state index in [1.165, 1.54) is 4.57 Å². The molecule has 1 N–H and O–H groups in total. The summed E-state index contributed by atoms with van der Waals surface area (Å²) in [5, 5.41) is 2.15. The van der Waals surface area contributed by atoms with E-state index in [9.17, 15) is 14.4 Å². The molecule has 7 nitrogen and oxygen atoms in total. The molecule has 2 heterocycles. The van der Waals surface area contributed by atoms with Crippen molar-refractivity contribution >= 4 is 28.2 Å². The predicted octanol–water partition coefficient (Wildman–Crippen LogP) is 1.76. The summed E-state index contributed by atoms with van der Waals surface area (Å²) < 4.78 is 6.64. The highest BCUT2D eigenvalue weighted by molar-refractivity contribution is 7.07. The van der Waals surface area contributed by atoms with Crippen LogP contribution in [0.5, 0.6) is 0 Å². The number of aromatic amines is 1. The number of thiazole rings is 1. The summed E-state index contributed by atoms with van der Waals surface area (Å²) in [6.45, 7) is 3.20. The summed E-state index contributed by atoms with van der Waals surface area (Å²) in [5.74, 6) is -0.302. The third-order valence-corrected chi connectivity index (χ3v) is 4.47. The van der Waals surface area contributed by atoms with Crippen LogP contribution in [0.3, 0.4) is 0 Å². The number of carbonyl (C=O) groups excluding carboxylic acids is 1. The largest absolute Gasteiger partial charge is 0.453 e. The molecule has 0 fully saturated rings. The second kappa shape index (κ2) is 6.40. The number of aromatic nitrogens is 3. The lowest BCUT2D eigenvalue weighted by atomic mass is 10.2. The van der Waals surface area contributed by atoms with E-state index in [0.717, 1.165) is 11.3 Å². The average Bonchev–Trinajstić information content (AvgIpc) is 2.86. The second-order valence-electron chi connectivity index (χ2n) is 5.33. The van der Waals surface area contributed by atoms with Gasteiger partial charge >= 0.3 is 10.8 Å². The maximum Gasteiger partial charge on any atom is 0.326 e. The summed E-state index contributed by atoms with van der Waals surface area (Å²) in [6.07, 6.45) is -0.732. The Morgan fingerprint density at radius 2 is 2.12 bits per heavy atom. The van der Waals surface area contributed by atoms with Crippen LogP contribution in [0.25, 0.3) is 10.9 Å². The maximum atomic E-state index is 12.1. The molecule has 0 radical (unpaired) electrons. The van der Waals surface area contributed by atoms with Gasteiger partial charge in [-0.2, -0.15) is 0 Å². The van der Waals surface area contributed by atoms with Gasteiger partial charge in [-0.15, -0.1) is 0 Å². The van der Waals surface area contributed by atoms with Gasteiger partial charge in [0.25, 0.3) is 5.56 Å². The fourth-order valence-electron chi connectivity index (χ4n) is 2.31. The summed E-state index contributed by atoms with van der Waals surface area (Å²) in [6, 6.07) is 6.93. The van der Waals surface area contributed by atoms with E-state index in [4.69, 9.17) is 4.74 Å². The number of nitrogens with one attached hydrogen (secondary N) is 1. The number of H-pyrrole nitrogens is 1. The molecular formula is C16H15N3O4S. The topological polar surface area (TPSA) is 94.0 Å². The zero-order valence-corrected chi connectivity index (χ0v) is 13.9. The Bertz CT molecular complexity index is 1020. The van der Waals surface area contributed by atoms with Crippen molar-refractivity contribution in [1.29, 1.82) is 0 Å². The lowest BCUT2D eigenvalue weighted by molar-refractivity contribution is -0.149. The molecule has 0 spiro atoms. The Labute approximate surface area is 140 Å². The molecule has 124 valence electrons. The minimum atomic E-state index is -0.732. The summed E-state index contributed by atoms with van der Waals surface area (Å²) in [4.78, 5) is 42.5. The van der Waals surface area contributed by atoms with Gasteiger partial charge in [0.1, 0.15) is 6.54 Å². The SMILES string of the molecule is Cc1csc(=O)n1CC(=O)O[C@@H](C)c1nc2ccccc2c(=O)[nH]1. The van der Waals surface area contributed by atoms with Crippen LogP contribution in [0.1, 0.15) is 24.5 Å². The molecule has 1 atom stereocenters. The van der Waals surface area contributed by atoms with Gasteiger partial charge in [-0.3, -0.25) is 19.0 Å². The number of carbonyl (C=O) groups is 1. The number of hydrogen-bond donors (Lipinski definition) is 1. The van der Waals surface area contributed by atoms with Crippen molar-refractivity contribution in [3.8, 4) is 0 Å². The molecule has 3 rings (SSSR count). The number of para-hydroxylation sites is 1. The minimum Gasteiger partial charge on any atom is -0.453 e. The van der Waals surface area contributed by atoms with Gasteiger partial charge in [0, 0.05) is 11.1 Å². The van der Waals surface area contributed by atoms with Crippen molar-refractivity contribution in [3.63, 3.8) is 0 Å². The Morgan fingerprint density at radius 1 is 1.38 bits per heavy atom. The molecule has 0 saturated carbocycles. The highest BCUT2D eigenvalue weighted by Crippen LogP contribution is 2.14. The monoisotopic (exact) mass is 345 g/mol. The number of esters is 1. The Kier molecular flexibility index (Phi) is 4.30. The zero-order valence-electron chi connectivity index (χ0n) is 13.1. The Morgan fingerprint density at radius 3 is 2.83 bits per heavy atom. The van der Waals surface area contributed by atoms with Crippen LogP contribution in [0.15, 0.2) is 39.2 Å². The number of rotatable bonds is 4. The van der Waals surface area contributed by atoms with Gasteiger partial charge in [0.2, 0.25) is 0 Å². The molecule has 3 aromatic rings. The summed E-state index contributed by atoms with van der Waals surface area (Å²) in [5.41, 5.74) is 0.944. The van der Waals surface area contributed by atoms with E-state index in [1.54, 1.807) is 43.5 Å². The van der Waals surface area contributed by atoms with Crippen molar-refractivity contribution in [3.05, 3.63) is 61.2 Å². The van der Waals surface area contributed by atoms with Crippen LogP contribution in [-0.2, 0) is 16.1 Å². The zero-order chi connectivity index (χ0) is 17.3. The van der Waals surface area contributed by atoms with Gasteiger partial charge in [-0.05, 0) is 26.0 Å². The lowest BCUT2D eigenvalue weighted by Crippen LogP contribution is -2.24. The first-order valence-electron chi connectivity index (χ1n) is 7.29. The fraction of sp³-hybridized carbons (Fsp3) is 0.250. The van der Waals surface area contributed by atoms with Gasteiger partial charge in [0.15, 0.2) is 11.9 Å². The minimum absolute atomic E-state index is 0.170. The van der Waals surface area contributed by atoms with Gasteiger partial charge in [0.05, 0.1) is 10.9 Å². The first-order valence-corrected chi connectivity index (χ1v) is 8.17. The maximum absolute atomic E-state index is 12.1. The first kappa shape index (κ1) is 16.1. The molecular weight excluding hydrogens is 330 g/mol. The summed E-state index contributed by atoms with van der Waals surface area (Å²) in [7, 11) is 0. The van der Waals surface area contributed by atoms with E-state index >= 15 is 0 Å². The number of nitrogens with zero attached hydrogens (tertiary/aromatic N) is 2. The van der Waals surface area contributed by atoms with E-state index in [-0.39, 0.29) is 22.8 Å². The highest BCUT2D eigenvalue weighted by atomic mass is 32.1. The van der Waals surface area contributed by atoms with Gasteiger partial charge in [-0.25, -0.2) is 4.98 Å². The highest BCUT2D eigenvalue weighted by Gasteiger charge is 2.17. The number of aryl methyl sites for hydroxylation is 1. The van der Waals surface area contributed by atoms with Crippen LogP contribution >= 0.6 is 11.3 Å². The average molecular weight is 345 g/mol. The summed E-state index contributed by atoms with van der Waals surface area (Å²) >= 11 is 1.03. The van der Waals surface area contributed by atoms with Gasteiger partial charge < -0.3 is 9.72 Å². The number of hydrogen-bond acceptors (Lipinski definition) is 6. The van der Waals surface area contributed by atoms with Crippen LogP contribution in [0, 0.1) is 6.92 Å². The molecule has 0 unspecified atom stereocenters. The molecule has 0 saturated heterocycles. The normalized spacial score (nSPS) is 12.2. The second-order valence-corrected chi connectivity index (χ2v) is 6.15. The van der Waals surface area contributed by atoms with Crippen LogP contribution in [0.2, 0.25) is 0 Å². The quantitative estimate of drug-likeness (QED) is 0.727. The standard InChI is InChI=1S/C16H15N3O4S/c1-9-8-24-16(22)19(9)7-13(20)23-10(2)14-17-12-6-4-3-5-11(12)15(21)18-14/h3-6,8,10H,7H2,1-2H3,(H,17,18,21)/t10-/m0/s1. The molecule has 0 aliphatic rings. The molecule has 24 heavy (non-hydrogen) atoms. The predicted molar refractivity (Wildman–Crippen MR) is 90.2 cm³/mol. The van der Waals surface area contributed by atoms with Crippen LogP contribution in [0.4, 0.5) is 0 Å². The molecule has 0 amide bonds. The number of fused-ring (bicyclic) bond motifs is 1. The Hall–Kier alpha value is -2.74. The molecule has 8 heteroatoms. The lowest BCUT2D eigenvalue weighted by Gasteiger charge is -2.13. The van der Waals surface area contributed by atoms with Gasteiger partial charge in [-0.1, -0.05) is 23.5 Å². The molecule has 1 aromatic carbocycles.